The number of hydrogen-bond acceptors (Lipinski definition) is 2. The molecule has 66 valence electrons. The van der Waals surface area contributed by atoms with Crippen LogP contribution in [0.1, 0.15) is 13.3 Å². The minimum Gasteiger partial charge on any atom is -0.327 e. The molecule has 4 N–H and O–H groups in total. The van der Waals surface area contributed by atoms with Crippen LogP contribution < -0.4 is 11.5 Å². The molecule has 0 aliphatic rings. The zero-order valence-corrected chi connectivity index (χ0v) is 6.56. The van der Waals surface area contributed by atoms with Crippen molar-refractivity contribution in [3.05, 3.63) is 11.6 Å². The number of nitrogens with two attached hydrogens (primary N) is 2. The summed E-state index contributed by atoms with van der Waals surface area (Å²) in [6, 6.07) is -1.06. The maximum Gasteiger partial charge on any atom is 0.253 e. The quantitative estimate of drug-likeness (QED) is 0.606. The van der Waals surface area contributed by atoms with Crippen molar-refractivity contribution >= 4 is 0 Å². The first-order chi connectivity index (χ1) is 5.07. The predicted octanol–water partition coefficient (Wildman–Crippen LogP) is 0.874. The lowest BCUT2D eigenvalue weighted by Crippen LogP contribution is -2.28. The average molecular weight is 164 g/mol. The predicted molar refractivity (Wildman–Crippen MR) is 41.4 cm³/mol. The monoisotopic (exact) mass is 164 g/mol. The van der Waals surface area contributed by atoms with E-state index in [4.69, 9.17) is 11.5 Å². The Morgan fingerprint density at radius 1 is 1.55 bits per heavy atom. The van der Waals surface area contributed by atoms with E-state index in [2.05, 4.69) is 0 Å². The fourth-order valence-corrected chi connectivity index (χ4v) is 0.745. The van der Waals surface area contributed by atoms with Gasteiger partial charge in [0.2, 0.25) is 0 Å². The zero-order valence-electron chi connectivity index (χ0n) is 6.56. The summed E-state index contributed by atoms with van der Waals surface area (Å²) in [5.74, 6) is 0. The van der Waals surface area contributed by atoms with Gasteiger partial charge in [0.15, 0.2) is 0 Å². The van der Waals surface area contributed by atoms with Gasteiger partial charge < -0.3 is 11.5 Å². The van der Waals surface area contributed by atoms with Gasteiger partial charge in [-0.05, 0) is 13.3 Å². The van der Waals surface area contributed by atoms with Gasteiger partial charge in [-0.25, -0.2) is 8.78 Å². The molecular formula is C7H14F2N2. The van der Waals surface area contributed by atoms with Crippen molar-refractivity contribution in [2.45, 2.75) is 25.8 Å². The molecule has 1 atom stereocenters. The molecule has 0 rings (SSSR count). The zero-order chi connectivity index (χ0) is 8.85. The molecule has 11 heavy (non-hydrogen) atoms. The van der Waals surface area contributed by atoms with E-state index in [9.17, 15) is 8.78 Å². The second-order valence-corrected chi connectivity index (χ2v) is 2.49. The minimum atomic E-state index is -2.45. The molecule has 0 aliphatic heterocycles. The lowest BCUT2D eigenvalue weighted by molar-refractivity contribution is 0.116. The summed E-state index contributed by atoms with van der Waals surface area (Å²) in [5, 5.41) is 0. The lowest BCUT2D eigenvalue weighted by atomic mass is 10.1. The highest BCUT2D eigenvalue weighted by Gasteiger charge is 2.14. The van der Waals surface area contributed by atoms with E-state index in [-0.39, 0.29) is 6.42 Å². The van der Waals surface area contributed by atoms with Gasteiger partial charge in [0, 0.05) is 6.54 Å². The molecule has 0 aromatic rings. The van der Waals surface area contributed by atoms with Crippen molar-refractivity contribution in [2.75, 3.05) is 6.54 Å². The van der Waals surface area contributed by atoms with Crippen LogP contribution in [0.2, 0.25) is 0 Å². The van der Waals surface area contributed by atoms with E-state index in [1.807, 2.05) is 0 Å². The van der Waals surface area contributed by atoms with Crippen LogP contribution in [-0.4, -0.2) is 19.0 Å². The number of halogens is 2. The van der Waals surface area contributed by atoms with E-state index in [0.29, 0.717) is 6.54 Å². The molecule has 0 amide bonds. The molecule has 0 aliphatic carbocycles. The second kappa shape index (κ2) is 5.21. The molecule has 0 heterocycles. The summed E-state index contributed by atoms with van der Waals surface area (Å²) in [4.78, 5) is 0. The van der Waals surface area contributed by atoms with Gasteiger partial charge in [0.1, 0.15) is 0 Å². The Hall–Kier alpha value is -0.480. The van der Waals surface area contributed by atoms with Crippen LogP contribution in [-0.2, 0) is 0 Å². The SMILES string of the molecule is C/C(=C\CN)CC(N)C(F)F. The van der Waals surface area contributed by atoms with E-state index < -0.39 is 12.5 Å². The van der Waals surface area contributed by atoms with E-state index in [0.717, 1.165) is 5.57 Å². The van der Waals surface area contributed by atoms with Crippen LogP contribution >= 0.6 is 0 Å². The Kier molecular flexibility index (Phi) is 4.98. The molecule has 0 saturated carbocycles. The highest BCUT2D eigenvalue weighted by atomic mass is 19.3. The van der Waals surface area contributed by atoms with Crippen LogP contribution in [0.4, 0.5) is 8.78 Å². The Labute approximate surface area is 65.3 Å². The van der Waals surface area contributed by atoms with E-state index in [1.54, 1.807) is 13.0 Å². The third-order valence-corrected chi connectivity index (χ3v) is 1.35. The molecular weight excluding hydrogens is 150 g/mol. The Bertz CT molecular complexity index is 134. The van der Waals surface area contributed by atoms with Crippen molar-refractivity contribution in [3.8, 4) is 0 Å². The molecule has 0 aromatic carbocycles. The standard InChI is InChI=1S/C7H14F2N2/c1-5(2-3-10)4-6(11)7(8)9/h2,6-7H,3-4,10-11H2,1H3/b5-2+. The third kappa shape index (κ3) is 4.86. The first-order valence-electron chi connectivity index (χ1n) is 3.47. The largest absolute Gasteiger partial charge is 0.327 e. The molecule has 0 saturated heterocycles. The maximum absolute atomic E-state index is 11.8. The summed E-state index contributed by atoms with van der Waals surface area (Å²) in [5.41, 5.74) is 11.1. The summed E-state index contributed by atoms with van der Waals surface area (Å²) in [6.07, 6.45) is -0.534. The molecule has 0 fully saturated rings. The topological polar surface area (TPSA) is 52.0 Å². The first kappa shape index (κ1) is 10.5. The van der Waals surface area contributed by atoms with E-state index in [1.165, 1.54) is 0 Å². The molecule has 0 aromatic heterocycles. The fraction of sp³-hybridized carbons (Fsp3) is 0.714. The summed E-state index contributed by atoms with van der Waals surface area (Å²) < 4.78 is 23.7. The fourth-order valence-electron chi connectivity index (χ4n) is 0.745. The number of alkyl halides is 2. The molecule has 4 heteroatoms. The van der Waals surface area contributed by atoms with Gasteiger partial charge in [-0.3, -0.25) is 0 Å². The van der Waals surface area contributed by atoms with Gasteiger partial charge in [0.05, 0.1) is 6.04 Å². The van der Waals surface area contributed by atoms with Crippen molar-refractivity contribution in [3.63, 3.8) is 0 Å². The Morgan fingerprint density at radius 3 is 2.45 bits per heavy atom. The van der Waals surface area contributed by atoms with E-state index >= 15 is 0 Å². The van der Waals surface area contributed by atoms with Crippen LogP contribution in [0.3, 0.4) is 0 Å². The summed E-state index contributed by atoms with van der Waals surface area (Å²) >= 11 is 0. The Balaban J connectivity index is 3.75. The van der Waals surface area contributed by atoms with Gasteiger partial charge in [-0.2, -0.15) is 0 Å². The first-order valence-corrected chi connectivity index (χ1v) is 3.47. The van der Waals surface area contributed by atoms with Crippen LogP contribution in [0.15, 0.2) is 11.6 Å². The maximum atomic E-state index is 11.8. The molecule has 0 bridgehead atoms. The molecule has 1 unspecified atom stereocenters. The van der Waals surface area contributed by atoms with Crippen LogP contribution in [0.25, 0.3) is 0 Å². The van der Waals surface area contributed by atoms with Gasteiger partial charge >= 0.3 is 0 Å². The van der Waals surface area contributed by atoms with Crippen molar-refractivity contribution in [2.24, 2.45) is 11.5 Å². The average Bonchev–Trinajstić information content (AvgIpc) is 1.87. The number of hydrogen-bond donors (Lipinski definition) is 2. The van der Waals surface area contributed by atoms with Crippen molar-refractivity contribution in [1.29, 1.82) is 0 Å². The lowest BCUT2D eigenvalue weighted by Gasteiger charge is -2.09. The molecule has 0 radical (unpaired) electrons. The number of rotatable bonds is 4. The normalized spacial score (nSPS) is 15.6. The molecule has 2 nitrogen and oxygen atoms in total. The highest BCUT2D eigenvalue weighted by Crippen LogP contribution is 2.08. The second-order valence-electron chi connectivity index (χ2n) is 2.49. The van der Waals surface area contributed by atoms with Gasteiger partial charge in [-0.1, -0.05) is 11.6 Å². The summed E-state index contributed by atoms with van der Waals surface area (Å²) in [6.45, 7) is 2.12. The Morgan fingerprint density at radius 2 is 2.09 bits per heavy atom. The van der Waals surface area contributed by atoms with Crippen molar-refractivity contribution < 1.29 is 8.78 Å². The van der Waals surface area contributed by atoms with Gasteiger partial charge in [0.25, 0.3) is 6.43 Å². The van der Waals surface area contributed by atoms with Crippen LogP contribution in [0, 0.1) is 0 Å². The minimum absolute atomic E-state index is 0.217. The smallest absolute Gasteiger partial charge is 0.253 e. The molecule has 0 spiro atoms. The van der Waals surface area contributed by atoms with Crippen LogP contribution in [0.5, 0.6) is 0 Å². The highest BCUT2D eigenvalue weighted by molar-refractivity contribution is 5.01. The third-order valence-electron chi connectivity index (χ3n) is 1.35. The van der Waals surface area contributed by atoms with Gasteiger partial charge in [-0.15, -0.1) is 0 Å². The summed E-state index contributed by atoms with van der Waals surface area (Å²) in [7, 11) is 0. The van der Waals surface area contributed by atoms with Crippen molar-refractivity contribution in [1.82, 2.24) is 0 Å².